The fraction of sp³-hybridized carbons (Fsp3) is 0.409. The topological polar surface area (TPSA) is 66.5 Å². The molecule has 1 unspecified atom stereocenters. The first-order valence-electron chi connectivity index (χ1n) is 9.93. The second-order valence-electron chi connectivity index (χ2n) is 8.11. The van der Waals surface area contributed by atoms with Gasteiger partial charge in [0.15, 0.2) is 0 Å². The number of hydrogen-bond donors (Lipinski definition) is 1. The van der Waals surface area contributed by atoms with Crippen LogP contribution in [0.5, 0.6) is 0 Å². The fourth-order valence-electron chi connectivity index (χ4n) is 4.51. The van der Waals surface area contributed by atoms with Crippen molar-refractivity contribution >= 4 is 15.9 Å². The molecule has 2 aliphatic rings. The molecule has 154 valence electrons. The van der Waals surface area contributed by atoms with Crippen molar-refractivity contribution in [1.29, 1.82) is 0 Å². The lowest BCUT2D eigenvalue weighted by Crippen LogP contribution is -2.52. The second kappa shape index (κ2) is 7.54. The largest absolute Gasteiger partial charge is 0.349 e. The Morgan fingerprint density at radius 1 is 1.00 bits per heavy atom. The maximum Gasteiger partial charge on any atom is 0.251 e. The molecule has 3 atom stereocenters. The van der Waals surface area contributed by atoms with Gasteiger partial charge in [-0.25, -0.2) is 12.8 Å². The van der Waals surface area contributed by atoms with Crippen LogP contribution in [-0.4, -0.2) is 36.8 Å². The Labute approximate surface area is 171 Å². The van der Waals surface area contributed by atoms with Gasteiger partial charge in [0, 0.05) is 23.7 Å². The predicted molar refractivity (Wildman–Crippen MR) is 109 cm³/mol. The molecule has 2 aromatic rings. The molecular weight excluding hydrogens is 391 g/mol. The third-order valence-electron chi connectivity index (χ3n) is 6.16. The maximum absolute atomic E-state index is 13.3. The summed E-state index contributed by atoms with van der Waals surface area (Å²) in [6, 6.07) is 10.4. The molecule has 2 bridgehead atoms. The molecule has 2 heterocycles. The Hall–Kier alpha value is -2.25. The van der Waals surface area contributed by atoms with Gasteiger partial charge in [-0.3, -0.25) is 4.79 Å². The molecule has 1 N–H and O–H groups in total. The highest BCUT2D eigenvalue weighted by atomic mass is 32.2. The van der Waals surface area contributed by atoms with Crippen molar-refractivity contribution in [3.8, 4) is 0 Å². The minimum Gasteiger partial charge on any atom is -0.349 e. The van der Waals surface area contributed by atoms with Crippen molar-refractivity contribution in [2.24, 2.45) is 0 Å². The fourth-order valence-corrected chi connectivity index (χ4v) is 6.49. The van der Waals surface area contributed by atoms with E-state index in [0.29, 0.717) is 23.3 Å². The van der Waals surface area contributed by atoms with Crippen LogP contribution in [0.1, 0.15) is 47.2 Å². The summed E-state index contributed by atoms with van der Waals surface area (Å²) in [7, 11) is -3.57. The average Bonchev–Trinajstić information content (AvgIpc) is 2.96. The van der Waals surface area contributed by atoms with Gasteiger partial charge >= 0.3 is 0 Å². The van der Waals surface area contributed by atoms with Crippen LogP contribution in [0.4, 0.5) is 4.39 Å². The summed E-state index contributed by atoms with van der Waals surface area (Å²) in [4.78, 5) is 12.8. The van der Waals surface area contributed by atoms with Crippen molar-refractivity contribution in [1.82, 2.24) is 9.62 Å². The summed E-state index contributed by atoms with van der Waals surface area (Å²) in [5.41, 5.74) is 2.43. The lowest BCUT2D eigenvalue weighted by molar-refractivity contribution is 0.0909. The van der Waals surface area contributed by atoms with Gasteiger partial charge in [0.1, 0.15) is 5.82 Å². The average molecular weight is 417 g/mol. The number of carbonyl (C=O) groups excluding carboxylic acids is 1. The van der Waals surface area contributed by atoms with Crippen LogP contribution in [-0.2, 0) is 10.0 Å². The minimum absolute atomic E-state index is 0.0868. The number of piperidine rings is 1. The van der Waals surface area contributed by atoms with Gasteiger partial charge in [-0.1, -0.05) is 6.07 Å². The maximum atomic E-state index is 13.3. The highest BCUT2D eigenvalue weighted by Crippen LogP contribution is 2.40. The molecule has 7 heteroatoms. The molecule has 1 amide bonds. The van der Waals surface area contributed by atoms with E-state index in [2.05, 4.69) is 5.32 Å². The minimum atomic E-state index is -3.57. The second-order valence-corrected chi connectivity index (χ2v) is 9.96. The van der Waals surface area contributed by atoms with Gasteiger partial charge in [-0.05, 0) is 87.1 Å². The third kappa shape index (κ3) is 3.81. The number of rotatable bonds is 4. The monoisotopic (exact) mass is 416 g/mol. The Kier molecular flexibility index (Phi) is 5.21. The van der Waals surface area contributed by atoms with Crippen LogP contribution in [0, 0.1) is 19.7 Å². The van der Waals surface area contributed by atoms with Crippen molar-refractivity contribution in [2.45, 2.75) is 62.6 Å². The molecule has 29 heavy (non-hydrogen) atoms. The van der Waals surface area contributed by atoms with E-state index in [0.717, 1.165) is 24.0 Å². The number of halogens is 1. The van der Waals surface area contributed by atoms with Crippen molar-refractivity contribution in [3.63, 3.8) is 0 Å². The zero-order valence-electron chi connectivity index (χ0n) is 16.6. The zero-order valence-corrected chi connectivity index (χ0v) is 17.4. The number of amides is 1. The number of nitrogens with zero attached hydrogens (tertiary/aromatic N) is 1. The van der Waals surface area contributed by atoms with E-state index in [1.54, 1.807) is 16.4 Å². The van der Waals surface area contributed by atoms with E-state index < -0.39 is 10.0 Å². The predicted octanol–water partition coefficient (Wildman–Crippen LogP) is 3.56. The van der Waals surface area contributed by atoms with Crippen molar-refractivity contribution < 1.29 is 17.6 Å². The summed E-state index contributed by atoms with van der Waals surface area (Å²) >= 11 is 0. The zero-order chi connectivity index (χ0) is 20.8. The summed E-state index contributed by atoms with van der Waals surface area (Å²) in [6.07, 6.45) is 2.79. The van der Waals surface area contributed by atoms with E-state index >= 15 is 0 Å². The first kappa shape index (κ1) is 20.0. The smallest absolute Gasteiger partial charge is 0.251 e. The molecule has 2 saturated heterocycles. The number of hydrogen-bond acceptors (Lipinski definition) is 3. The first-order valence-corrected chi connectivity index (χ1v) is 11.4. The Morgan fingerprint density at radius 3 is 2.21 bits per heavy atom. The van der Waals surface area contributed by atoms with E-state index in [1.807, 2.05) is 19.9 Å². The van der Waals surface area contributed by atoms with Crippen LogP contribution in [0.15, 0.2) is 47.4 Å². The normalized spacial score (nSPS) is 24.4. The molecule has 0 radical (unpaired) electrons. The molecular formula is C22H25FN2O3S. The summed E-state index contributed by atoms with van der Waals surface area (Å²) in [5, 5.41) is 3.00. The molecule has 0 aromatic heterocycles. The number of sulfonamides is 1. The van der Waals surface area contributed by atoms with Gasteiger partial charge in [-0.15, -0.1) is 0 Å². The Morgan fingerprint density at radius 2 is 1.62 bits per heavy atom. The highest BCUT2D eigenvalue weighted by molar-refractivity contribution is 7.89. The van der Waals surface area contributed by atoms with Gasteiger partial charge in [-0.2, -0.15) is 4.31 Å². The van der Waals surface area contributed by atoms with Crippen LogP contribution >= 0.6 is 0 Å². The lowest BCUT2D eigenvalue weighted by Gasteiger charge is -2.38. The summed E-state index contributed by atoms with van der Waals surface area (Å²) in [6.45, 7) is 3.88. The van der Waals surface area contributed by atoms with E-state index in [4.69, 9.17) is 0 Å². The summed E-state index contributed by atoms with van der Waals surface area (Å²) in [5.74, 6) is -0.635. The number of fused-ring (bicyclic) bond motifs is 2. The Balaban J connectivity index is 1.49. The van der Waals surface area contributed by atoms with Crippen LogP contribution in [0.2, 0.25) is 0 Å². The number of benzene rings is 2. The van der Waals surface area contributed by atoms with E-state index in [-0.39, 0.29) is 29.8 Å². The lowest BCUT2D eigenvalue weighted by atomic mass is 9.99. The molecule has 2 aliphatic heterocycles. The van der Waals surface area contributed by atoms with Gasteiger partial charge < -0.3 is 5.32 Å². The molecule has 2 fully saturated rings. The highest BCUT2D eigenvalue weighted by Gasteiger charge is 2.47. The number of aryl methyl sites for hydroxylation is 2. The summed E-state index contributed by atoms with van der Waals surface area (Å²) < 4.78 is 41.3. The number of carbonyl (C=O) groups is 1. The van der Waals surface area contributed by atoms with Crippen molar-refractivity contribution in [2.75, 3.05) is 0 Å². The molecule has 0 spiro atoms. The van der Waals surface area contributed by atoms with E-state index in [9.17, 15) is 17.6 Å². The SMILES string of the molecule is Cc1ccc(S(=O)(=O)N2[C@@H]3CC[C@H]2CC(NC(=O)c2ccc(F)cc2)C3)cc1C. The van der Waals surface area contributed by atoms with Crippen LogP contribution in [0.25, 0.3) is 0 Å². The molecule has 5 nitrogen and oxygen atoms in total. The van der Waals surface area contributed by atoms with Crippen molar-refractivity contribution in [3.05, 3.63) is 65.0 Å². The van der Waals surface area contributed by atoms with Crippen LogP contribution in [0.3, 0.4) is 0 Å². The Bertz CT molecular complexity index is 1020. The standard InChI is InChI=1S/C22H25FN2O3S/c1-14-3-10-21(11-15(14)2)29(27,28)25-19-8-9-20(25)13-18(12-19)24-22(26)16-4-6-17(23)7-5-16/h3-7,10-11,18-20H,8-9,12-13H2,1-2H3,(H,24,26)/t18?,19-,20+. The van der Waals surface area contributed by atoms with Gasteiger partial charge in [0.2, 0.25) is 10.0 Å². The quantitative estimate of drug-likeness (QED) is 0.829. The molecule has 4 rings (SSSR count). The first-order chi connectivity index (χ1) is 13.8. The number of nitrogens with one attached hydrogen (secondary N) is 1. The molecule has 0 saturated carbocycles. The third-order valence-corrected chi connectivity index (χ3v) is 8.16. The molecule has 0 aliphatic carbocycles. The van der Waals surface area contributed by atoms with Crippen LogP contribution < -0.4 is 5.32 Å². The van der Waals surface area contributed by atoms with Gasteiger partial charge in [0.05, 0.1) is 4.90 Å². The van der Waals surface area contributed by atoms with E-state index in [1.165, 1.54) is 24.3 Å². The van der Waals surface area contributed by atoms with Gasteiger partial charge in [0.25, 0.3) is 5.91 Å². The molecule has 2 aromatic carbocycles.